The Kier molecular flexibility index (Phi) is 9.51. The number of amides is 4. The second kappa shape index (κ2) is 12.8. The zero-order valence-electron chi connectivity index (χ0n) is 20.3. The monoisotopic (exact) mass is 581 g/mol. The van der Waals surface area contributed by atoms with Crippen molar-refractivity contribution in [3.8, 4) is 0 Å². The largest absolute Gasteiger partial charge is 0.480 e. The van der Waals surface area contributed by atoms with Gasteiger partial charge in [-0.1, -0.05) is 12.1 Å². The van der Waals surface area contributed by atoms with Crippen molar-refractivity contribution in [2.75, 3.05) is 24.3 Å². The summed E-state index contributed by atoms with van der Waals surface area (Å²) in [5.74, 6) is -4.34. The molecular weight excluding hydrogens is 558 g/mol. The topological polar surface area (TPSA) is 267 Å². The summed E-state index contributed by atoms with van der Waals surface area (Å²) in [6, 6.07) is 2.82. The number of aliphatic carboxylic acids is 2. The van der Waals surface area contributed by atoms with Crippen LogP contribution in [0.3, 0.4) is 0 Å². The van der Waals surface area contributed by atoms with E-state index in [-0.39, 0.29) is 34.7 Å². The third-order valence-electron chi connectivity index (χ3n) is 5.54. The van der Waals surface area contributed by atoms with E-state index in [0.717, 1.165) is 16.7 Å². The maximum atomic E-state index is 13.0. The lowest BCUT2D eigenvalue weighted by Gasteiger charge is -2.49. The Balaban J connectivity index is 1.65. The molecule has 0 saturated carbocycles. The van der Waals surface area contributed by atoms with Crippen LogP contribution >= 0.6 is 11.8 Å². The van der Waals surface area contributed by atoms with Crippen LogP contribution in [-0.2, 0) is 38.2 Å². The number of hydrogen-bond donors (Lipinski definition) is 6. The molecule has 0 aliphatic carbocycles. The number of nitrogens with one attached hydrogen (secondary N) is 2. The predicted octanol–water partition coefficient (Wildman–Crippen LogP) is -1.30. The summed E-state index contributed by atoms with van der Waals surface area (Å²) < 4.78 is 14.2. The van der Waals surface area contributed by atoms with Crippen molar-refractivity contribution in [1.82, 2.24) is 10.2 Å². The van der Waals surface area contributed by atoms with E-state index in [2.05, 4.69) is 15.4 Å². The molecule has 8 N–H and O–H groups in total. The Morgan fingerprint density at radius 3 is 2.40 bits per heavy atom. The van der Waals surface area contributed by atoms with E-state index >= 15 is 0 Å². The summed E-state index contributed by atoms with van der Waals surface area (Å²) in [5.41, 5.74) is 10.3. The molecule has 1 aromatic carbocycles. The number of rotatable bonds is 12. The number of nitrogens with two attached hydrogens (primary N) is 2. The van der Waals surface area contributed by atoms with Crippen LogP contribution in [0.25, 0.3) is 0 Å². The van der Waals surface area contributed by atoms with Crippen LogP contribution in [0.5, 0.6) is 0 Å². The van der Waals surface area contributed by atoms with Gasteiger partial charge in [0.15, 0.2) is 0 Å². The number of thioether (sulfide) groups is 1. The molecule has 0 unspecified atom stereocenters. The molecule has 3 rings (SSSR count). The molecule has 4 amide bonds. The number of benzene rings is 1. The molecule has 17 nitrogen and oxygen atoms in total. The number of β-lactam (4-membered cyclic amide) rings is 1. The van der Waals surface area contributed by atoms with Crippen molar-refractivity contribution in [3.63, 3.8) is 0 Å². The highest BCUT2D eigenvalue weighted by Crippen LogP contribution is 2.40. The smallest absolute Gasteiger partial charge is 0.411 e. The van der Waals surface area contributed by atoms with Crippen LogP contribution in [0.15, 0.2) is 35.5 Å². The minimum atomic E-state index is -1.50. The van der Waals surface area contributed by atoms with Gasteiger partial charge >= 0.3 is 24.1 Å². The van der Waals surface area contributed by atoms with E-state index in [1.54, 1.807) is 0 Å². The summed E-state index contributed by atoms with van der Waals surface area (Å²) in [6.45, 7) is -0.970. The van der Waals surface area contributed by atoms with Gasteiger partial charge in [0.25, 0.3) is 18.3 Å². The Morgan fingerprint density at radius 2 is 1.82 bits per heavy atom. The first kappa shape index (κ1) is 29.7. The highest BCUT2D eigenvalue weighted by Gasteiger charge is 2.54. The number of carboxylic acids is 2. The third kappa shape index (κ3) is 6.77. The van der Waals surface area contributed by atoms with Gasteiger partial charge in [-0.2, -0.15) is 0 Å². The lowest BCUT2D eigenvalue weighted by atomic mass is 10.0. The number of carboxylic acid groups (broad SMARTS) is 2. The maximum absolute atomic E-state index is 13.0. The predicted molar refractivity (Wildman–Crippen MR) is 132 cm³/mol. The molecular formula is C22H23N5O12S. The molecule has 0 radical (unpaired) electrons. The Hall–Kier alpha value is -4.84. The van der Waals surface area contributed by atoms with E-state index < -0.39 is 72.7 Å². The quantitative estimate of drug-likeness (QED) is 0.0951. The molecule has 1 aromatic rings. The van der Waals surface area contributed by atoms with Crippen molar-refractivity contribution in [3.05, 3.63) is 41.1 Å². The number of hydrogen-bond acceptors (Lipinski definition) is 12. The molecule has 214 valence electrons. The molecule has 1 saturated heterocycles. The standard InChI is InChI=1S/C22H23N5O12S/c23-12(19(31)32)6-38-22(36)25-11-3-1-9(2-4-11)15(39-8-28)16(29)26-13-17(30)27-14(20(33)34)10(5-37-21(24)35)7-40-18(13)27/h1-4,8,12-13,15,18H,5-7,23H2,(H2,24,35)(H,25,36)(H,26,29)(H,31,32)(H,33,34)/t12-,13-,15-,18-/m1/s1. The fourth-order valence-corrected chi connectivity index (χ4v) is 4.99. The van der Waals surface area contributed by atoms with Gasteiger partial charge in [0.1, 0.15) is 36.4 Å². The number of primary amides is 1. The van der Waals surface area contributed by atoms with Gasteiger partial charge in [-0.3, -0.25) is 29.4 Å². The third-order valence-corrected chi connectivity index (χ3v) is 6.88. The van der Waals surface area contributed by atoms with E-state index in [1.807, 2.05) is 0 Å². The minimum absolute atomic E-state index is 0.0278. The van der Waals surface area contributed by atoms with Crippen molar-refractivity contribution in [2.24, 2.45) is 11.5 Å². The lowest BCUT2D eigenvalue weighted by molar-refractivity contribution is -0.154. The summed E-state index contributed by atoms with van der Waals surface area (Å²) in [4.78, 5) is 83.0. The number of carbonyl (C=O) groups excluding carboxylic acids is 5. The number of anilines is 1. The van der Waals surface area contributed by atoms with Crippen LogP contribution < -0.4 is 22.1 Å². The van der Waals surface area contributed by atoms with Crippen LogP contribution in [0, 0.1) is 0 Å². The maximum Gasteiger partial charge on any atom is 0.411 e. The van der Waals surface area contributed by atoms with E-state index in [4.69, 9.17) is 26.0 Å². The van der Waals surface area contributed by atoms with E-state index in [9.17, 15) is 38.7 Å². The van der Waals surface area contributed by atoms with E-state index in [1.165, 1.54) is 24.3 Å². The molecule has 0 spiro atoms. The van der Waals surface area contributed by atoms with Crippen LogP contribution in [-0.4, -0.2) is 93.9 Å². The molecule has 1 fully saturated rings. The molecule has 2 heterocycles. The second-order valence-corrected chi connectivity index (χ2v) is 9.27. The minimum Gasteiger partial charge on any atom is -0.480 e. The molecule has 4 atom stereocenters. The first-order valence-corrected chi connectivity index (χ1v) is 12.2. The normalized spacial score (nSPS) is 19.2. The van der Waals surface area contributed by atoms with Crippen molar-refractivity contribution >= 4 is 59.9 Å². The zero-order valence-corrected chi connectivity index (χ0v) is 21.1. The summed E-state index contributed by atoms with van der Waals surface area (Å²) in [7, 11) is 0. The average molecular weight is 582 g/mol. The Labute approximate surface area is 228 Å². The molecule has 2 aliphatic heterocycles. The average Bonchev–Trinajstić information content (AvgIpc) is 2.91. The van der Waals surface area contributed by atoms with Gasteiger partial charge in [-0.15, -0.1) is 11.8 Å². The van der Waals surface area contributed by atoms with Gasteiger partial charge in [-0.05, 0) is 12.1 Å². The fraction of sp³-hybridized carbons (Fsp3) is 0.318. The van der Waals surface area contributed by atoms with Gasteiger partial charge in [-0.25, -0.2) is 14.4 Å². The number of ether oxygens (including phenoxy) is 3. The van der Waals surface area contributed by atoms with Crippen LogP contribution in [0.1, 0.15) is 11.7 Å². The van der Waals surface area contributed by atoms with Crippen molar-refractivity contribution in [2.45, 2.75) is 23.6 Å². The molecule has 40 heavy (non-hydrogen) atoms. The first-order chi connectivity index (χ1) is 18.9. The van der Waals surface area contributed by atoms with Crippen molar-refractivity contribution in [1.29, 1.82) is 0 Å². The summed E-state index contributed by atoms with van der Waals surface area (Å²) in [5, 5.41) is 22.3. The lowest BCUT2D eigenvalue weighted by Crippen LogP contribution is -2.71. The zero-order chi connectivity index (χ0) is 29.6. The molecule has 18 heteroatoms. The van der Waals surface area contributed by atoms with Gasteiger partial charge in [0, 0.05) is 22.6 Å². The number of fused-ring (bicyclic) bond motifs is 1. The second-order valence-electron chi connectivity index (χ2n) is 8.16. The summed E-state index contributed by atoms with van der Waals surface area (Å²) >= 11 is 1.12. The summed E-state index contributed by atoms with van der Waals surface area (Å²) in [6.07, 6.45) is -3.61. The number of nitrogens with zero attached hydrogens (tertiary/aromatic N) is 1. The highest BCUT2D eigenvalue weighted by atomic mass is 32.2. The van der Waals surface area contributed by atoms with Crippen LogP contribution in [0.4, 0.5) is 15.3 Å². The number of carbonyl (C=O) groups is 7. The molecule has 0 bridgehead atoms. The van der Waals surface area contributed by atoms with Gasteiger partial charge in [0.05, 0.1) is 0 Å². The molecule has 2 aliphatic rings. The molecule has 0 aromatic heterocycles. The SMILES string of the molecule is NC(=O)OCC1=C(C(=O)O)N2C(=O)[C@@H](NC(=O)[C@H](OC=O)c3ccc(NC(=O)OC[C@@H](N)C(=O)O)cc3)[C@H]2SC1. The highest BCUT2D eigenvalue weighted by molar-refractivity contribution is 8.00. The van der Waals surface area contributed by atoms with Crippen LogP contribution in [0.2, 0.25) is 0 Å². The van der Waals surface area contributed by atoms with Crippen molar-refractivity contribution < 1.29 is 58.0 Å². The Morgan fingerprint density at radius 1 is 1.15 bits per heavy atom. The Bertz CT molecular complexity index is 1250. The fourth-order valence-electron chi connectivity index (χ4n) is 3.66. The van der Waals surface area contributed by atoms with E-state index in [0.29, 0.717) is 0 Å². The van der Waals surface area contributed by atoms with Gasteiger partial charge in [0.2, 0.25) is 6.10 Å². The first-order valence-electron chi connectivity index (χ1n) is 11.2. The van der Waals surface area contributed by atoms with Gasteiger partial charge < -0.3 is 41.2 Å².